The fraction of sp³-hybridized carbons (Fsp3) is 0.258. The fourth-order valence-electron chi connectivity index (χ4n) is 7.30. The number of carbonyl (C=O) groups excluding carboxylic acids is 3. The molecule has 1 saturated heterocycles. The first-order valence-electron chi connectivity index (χ1n) is 12.5. The molecule has 0 N–H and O–H groups in total. The Morgan fingerprint density at radius 3 is 1.47 bits per heavy atom. The van der Waals surface area contributed by atoms with Gasteiger partial charge in [-0.2, -0.15) is 0 Å². The van der Waals surface area contributed by atoms with E-state index in [1.165, 1.54) is 4.90 Å². The fourth-order valence-corrected chi connectivity index (χ4v) is 7.56. The van der Waals surface area contributed by atoms with Crippen molar-refractivity contribution in [1.29, 1.82) is 0 Å². The monoisotopic (exact) mass is 539 g/mol. The average molecular weight is 540 g/mol. The molecule has 1 heterocycles. The van der Waals surface area contributed by atoms with Crippen molar-refractivity contribution in [3.8, 4) is 0 Å². The molecule has 4 atom stereocenters. The van der Waals surface area contributed by atoms with Crippen LogP contribution in [0.3, 0.4) is 0 Å². The van der Waals surface area contributed by atoms with Gasteiger partial charge in [0.15, 0.2) is 5.78 Å². The number of amides is 2. The zero-order valence-electron chi connectivity index (χ0n) is 20.2. The first-order valence-corrected chi connectivity index (χ1v) is 13.3. The second kappa shape index (κ2) is 8.10. The minimum absolute atomic E-state index is 0.0323. The van der Waals surface area contributed by atoms with Crippen LogP contribution in [0.1, 0.15) is 37.8 Å². The summed E-state index contributed by atoms with van der Waals surface area (Å²) in [6.45, 7) is 3.97. The Hall–Kier alpha value is -3.31. The quantitative estimate of drug-likeness (QED) is 0.345. The minimum atomic E-state index is -1.05. The van der Waals surface area contributed by atoms with Gasteiger partial charge in [-0.3, -0.25) is 14.4 Å². The molecule has 2 fully saturated rings. The Balaban J connectivity index is 1.67. The highest BCUT2D eigenvalue weighted by atomic mass is 79.9. The van der Waals surface area contributed by atoms with E-state index in [2.05, 4.69) is 15.9 Å². The van der Waals surface area contributed by atoms with Crippen LogP contribution in [-0.4, -0.2) is 17.6 Å². The number of imide groups is 1. The molecule has 2 amide bonds. The van der Waals surface area contributed by atoms with Crippen LogP contribution in [0.2, 0.25) is 0 Å². The SMILES string of the molecule is CC[C@]12C(=O)[C@](CC)(C(c3ccccc3)=C1c1ccccc1)[C@H]1C(=O)N(c3ccc(Br)cc3)C(=O)[C@H]12. The summed E-state index contributed by atoms with van der Waals surface area (Å²) in [6, 6.07) is 27.1. The number of hydrogen-bond donors (Lipinski definition) is 0. The Morgan fingerprint density at radius 2 is 1.08 bits per heavy atom. The van der Waals surface area contributed by atoms with Gasteiger partial charge in [-0.05, 0) is 59.4 Å². The van der Waals surface area contributed by atoms with Crippen LogP contribution in [0.15, 0.2) is 89.4 Å². The van der Waals surface area contributed by atoms with Crippen molar-refractivity contribution in [2.24, 2.45) is 22.7 Å². The lowest BCUT2D eigenvalue weighted by Crippen LogP contribution is -2.41. The van der Waals surface area contributed by atoms with Crippen molar-refractivity contribution in [3.05, 3.63) is 101 Å². The molecule has 2 aliphatic carbocycles. The highest BCUT2D eigenvalue weighted by molar-refractivity contribution is 9.10. The number of rotatable bonds is 5. The second-order valence-corrected chi connectivity index (χ2v) is 10.8. The van der Waals surface area contributed by atoms with Crippen molar-refractivity contribution in [2.45, 2.75) is 26.7 Å². The lowest BCUT2D eigenvalue weighted by Gasteiger charge is -2.38. The Morgan fingerprint density at radius 1 is 0.667 bits per heavy atom. The van der Waals surface area contributed by atoms with E-state index in [1.807, 2.05) is 86.6 Å². The molecular weight excluding hydrogens is 514 g/mol. The van der Waals surface area contributed by atoms with E-state index in [9.17, 15) is 14.4 Å². The third kappa shape index (κ3) is 2.67. The highest BCUT2D eigenvalue weighted by Crippen LogP contribution is 2.75. The maximum absolute atomic E-state index is 14.7. The minimum Gasteiger partial charge on any atom is -0.298 e. The number of benzene rings is 3. The molecule has 0 radical (unpaired) electrons. The molecule has 0 spiro atoms. The maximum Gasteiger partial charge on any atom is 0.239 e. The number of carbonyl (C=O) groups is 3. The van der Waals surface area contributed by atoms with Crippen LogP contribution in [0.5, 0.6) is 0 Å². The highest BCUT2D eigenvalue weighted by Gasteiger charge is 2.80. The van der Waals surface area contributed by atoms with Gasteiger partial charge in [-0.25, -0.2) is 4.90 Å². The number of nitrogens with zero attached hydrogens (tertiary/aromatic N) is 1. The van der Waals surface area contributed by atoms with Gasteiger partial charge in [0.05, 0.1) is 28.4 Å². The predicted molar refractivity (Wildman–Crippen MR) is 144 cm³/mol. The van der Waals surface area contributed by atoms with Crippen LogP contribution in [0, 0.1) is 22.7 Å². The van der Waals surface area contributed by atoms with E-state index in [1.54, 1.807) is 12.1 Å². The summed E-state index contributed by atoms with van der Waals surface area (Å²) in [5, 5.41) is 0. The second-order valence-electron chi connectivity index (χ2n) is 9.90. The van der Waals surface area contributed by atoms with Crippen molar-refractivity contribution in [2.75, 3.05) is 4.90 Å². The van der Waals surface area contributed by atoms with Crippen molar-refractivity contribution < 1.29 is 14.4 Å². The van der Waals surface area contributed by atoms with Gasteiger partial charge in [0.2, 0.25) is 11.8 Å². The number of ketones is 1. The summed E-state index contributed by atoms with van der Waals surface area (Å²) >= 11 is 3.44. The van der Waals surface area contributed by atoms with Crippen molar-refractivity contribution in [3.63, 3.8) is 0 Å². The largest absolute Gasteiger partial charge is 0.298 e. The van der Waals surface area contributed by atoms with E-state index < -0.39 is 22.7 Å². The first kappa shape index (κ1) is 23.1. The summed E-state index contributed by atoms with van der Waals surface area (Å²) in [7, 11) is 0. The molecule has 36 heavy (non-hydrogen) atoms. The lowest BCUT2D eigenvalue weighted by atomic mass is 9.60. The number of Topliss-reactive ketones (excluding diaryl/α,β-unsaturated/α-hetero) is 1. The number of fused-ring (bicyclic) bond motifs is 5. The van der Waals surface area contributed by atoms with Gasteiger partial charge in [-0.15, -0.1) is 0 Å². The van der Waals surface area contributed by atoms with Crippen LogP contribution in [0.25, 0.3) is 11.1 Å². The summed E-state index contributed by atoms with van der Waals surface area (Å²) in [6.07, 6.45) is 0.922. The summed E-state index contributed by atoms with van der Waals surface area (Å²) in [5.74, 6) is -1.93. The van der Waals surface area contributed by atoms with Gasteiger partial charge >= 0.3 is 0 Å². The molecule has 3 aromatic carbocycles. The molecular formula is C31H26BrNO3. The van der Waals surface area contributed by atoms with Gasteiger partial charge < -0.3 is 0 Å². The summed E-state index contributed by atoms with van der Waals surface area (Å²) in [4.78, 5) is 44.4. The Bertz CT molecular complexity index is 1340. The van der Waals surface area contributed by atoms with Crippen LogP contribution in [0.4, 0.5) is 5.69 Å². The number of anilines is 1. The van der Waals surface area contributed by atoms with Crippen molar-refractivity contribution >= 4 is 50.4 Å². The molecule has 5 heteroatoms. The van der Waals surface area contributed by atoms with E-state index >= 15 is 0 Å². The first-order chi connectivity index (χ1) is 17.4. The zero-order chi connectivity index (χ0) is 25.2. The molecule has 4 nitrogen and oxygen atoms in total. The summed E-state index contributed by atoms with van der Waals surface area (Å²) < 4.78 is 0.871. The smallest absolute Gasteiger partial charge is 0.239 e. The van der Waals surface area contributed by atoms with Crippen LogP contribution in [-0.2, 0) is 14.4 Å². The molecule has 2 bridgehead atoms. The molecule has 3 aliphatic rings. The number of halogens is 1. The molecule has 6 rings (SSSR count). The third-order valence-corrected chi connectivity index (χ3v) is 9.17. The van der Waals surface area contributed by atoms with Crippen molar-refractivity contribution in [1.82, 2.24) is 0 Å². The average Bonchev–Trinajstić information content (AvgIpc) is 3.41. The number of allylic oxidation sites excluding steroid dienone is 2. The van der Waals surface area contributed by atoms with Crippen LogP contribution >= 0.6 is 15.9 Å². The predicted octanol–water partition coefficient (Wildman–Crippen LogP) is 6.55. The van der Waals surface area contributed by atoms with Gasteiger partial charge in [0, 0.05) is 4.47 Å². The van der Waals surface area contributed by atoms with E-state index in [0.717, 1.165) is 26.7 Å². The number of hydrogen-bond acceptors (Lipinski definition) is 3. The zero-order valence-corrected chi connectivity index (χ0v) is 21.8. The Labute approximate surface area is 219 Å². The Kier molecular flexibility index (Phi) is 5.20. The normalized spacial score (nSPS) is 28.9. The van der Waals surface area contributed by atoms with Crippen LogP contribution < -0.4 is 4.90 Å². The van der Waals surface area contributed by atoms with Gasteiger partial charge in [0.25, 0.3) is 0 Å². The lowest BCUT2D eigenvalue weighted by molar-refractivity contribution is -0.134. The molecule has 180 valence electrons. The molecule has 0 aromatic heterocycles. The summed E-state index contributed by atoms with van der Waals surface area (Å²) in [5.41, 5.74) is 2.18. The molecule has 3 aromatic rings. The molecule has 1 saturated carbocycles. The van der Waals surface area contributed by atoms with E-state index in [0.29, 0.717) is 18.5 Å². The van der Waals surface area contributed by atoms with E-state index in [-0.39, 0.29) is 17.6 Å². The van der Waals surface area contributed by atoms with E-state index in [4.69, 9.17) is 0 Å². The van der Waals surface area contributed by atoms with Gasteiger partial charge in [0.1, 0.15) is 0 Å². The standard InChI is InChI=1S/C31H26BrNO3/c1-3-30-23(19-11-7-5-8-12-19)24(20-13-9-6-10-14-20)31(4-2,29(30)36)26-25(30)27(34)33(28(26)35)22-17-15-21(32)16-18-22/h5-18,25-26H,3-4H2,1-2H3/t25-,26+,30-,31+. The molecule has 1 aliphatic heterocycles. The maximum atomic E-state index is 14.7. The molecule has 0 unspecified atom stereocenters. The third-order valence-electron chi connectivity index (χ3n) is 8.65. The topological polar surface area (TPSA) is 54.5 Å². The van der Waals surface area contributed by atoms with Gasteiger partial charge in [-0.1, -0.05) is 90.4 Å².